The van der Waals surface area contributed by atoms with E-state index in [2.05, 4.69) is 6.07 Å². The molecular weight excluding hydrogens is 385 g/mol. The Morgan fingerprint density at radius 2 is 1.78 bits per heavy atom. The van der Waals surface area contributed by atoms with Crippen LogP contribution in [0, 0.1) is 11.3 Å². The van der Waals surface area contributed by atoms with Crippen molar-refractivity contribution in [2.45, 2.75) is 0 Å². The Hall–Kier alpha value is -2.87. The van der Waals surface area contributed by atoms with Gasteiger partial charge in [0.25, 0.3) is 0 Å². The predicted molar refractivity (Wildman–Crippen MR) is 107 cm³/mol. The largest absolute Gasteiger partial charge is 0.493 e. The molecule has 0 bridgehead atoms. The molecule has 27 heavy (non-hydrogen) atoms. The van der Waals surface area contributed by atoms with Crippen LogP contribution in [-0.2, 0) is 0 Å². The molecule has 0 saturated heterocycles. The second-order valence-corrected chi connectivity index (χ2v) is 6.41. The molecule has 0 amide bonds. The average molecular weight is 400 g/mol. The molecule has 0 saturated carbocycles. The van der Waals surface area contributed by atoms with Gasteiger partial charge in [0.05, 0.1) is 30.9 Å². The summed E-state index contributed by atoms with van der Waals surface area (Å²) in [5, 5.41) is 10.6. The minimum absolute atomic E-state index is 0.430. The molecular formula is C21H15Cl2NO3. The summed E-state index contributed by atoms with van der Waals surface area (Å²) in [5.41, 5.74) is 1.85. The smallest absolute Gasteiger partial charge is 0.161 e. The summed E-state index contributed by atoms with van der Waals surface area (Å²) < 4.78 is 16.4. The predicted octanol–water partition coefficient (Wildman–Crippen LogP) is 6.33. The molecule has 0 radical (unpaired) electrons. The fourth-order valence-electron chi connectivity index (χ4n) is 2.59. The average Bonchev–Trinajstić information content (AvgIpc) is 3.13. The van der Waals surface area contributed by atoms with Gasteiger partial charge < -0.3 is 13.9 Å². The summed E-state index contributed by atoms with van der Waals surface area (Å²) >= 11 is 12.2. The lowest BCUT2D eigenvalue weighted by Gasteiger charge is -2.08. The maximum atomic E-state index is 9.56. The van der Waals surface area contributed by atoms with Crippen LogP contribution < -0.4 is 9.47 Å². The summed E-state index contributed by atoms with van der Waals surface area (Å²) in [6.45, 7) is 0. The van der Waals surface area contributed by atoms with E-state index in [1.54, 1.807) is 68.8 Å². The first-order valence-corrected chi connectivity index (χ1v) is 8.70. The molecule has 0 unspecified atom stereocenters. The van der Waals surface area contributed by atoms with Gasteiger partial charge in [-0.1, -0.05) is 23.2 Å². The second-order valence-electron chi connectivity index (χ2n) is 5.57. The van der Waals surface area contributed by atoms with Crippen LogP contribution >= 0.6 is 23.2 Å². The standard InChI is InChI=1S/C21H15Cl2NO3/c1-25-20-7-3-13(10-21(20)26-2)14(12-24)9-16-5-8-19(27-16)17-6-4-15(22)11-18(17)23/h3-11H,1-2H3/b14-9+. The monoisotopic (exact) mass is 399 g/mol. The molecule has 6 heteroatoms. The summed E-state index contributed by atoms with van der Waals surface area (Å²) in [4.78, 5) is 0. The Bertz CT molecular complexity index is 1050. The molecule has 136 valence electrons. The number of methoxy groups -OCH3 is 2. The Balaban J connectivity index is 1.96. The number of rotatable bonds is 5. The molecule has 3 aromatic rings. The van der Waals surface area contributed by atoms with E-state index in [4.69, 9.17) is 37.1 Å². The number of hydrogen-bond acceptors (Lipinski definition) is 4. The summed E-state index contributed by atoms with van der Waals surface area (Å²) in [7, 11) is 3.11. The fourth-order valence-corrected chi connectivity index (χ4v) is 3.09. The van der Waals surface area contributed by atoms with Crippen molar-refractivity contribution in [3.8, 4) is 28.9 Å². The third-order valence-electron chi connectivity index (χ3n) is 3.92. The van der Waals surface area contributed by atoms with Crippen molar-refractivity contribution in [1.82, 2.24) is 0 Å². The van der Waals surface area contributed by atoms with Crippen molar-refractivity contribution in [2.75, 3.05) is 14.2 Å². The minimum Gasteiger partial charge on any atom is -0.493 e. The van der Waals surface area contributed by atoms with Crippen molar-refractivity contribution in [3.63, 3.8) is 0 Å². The Morgan fingerprint density at radius 1 is 1.00 bits per heavy atom. The summed E-state index contributed by atoms with van der Waals surface area (Å²) in [6.07, 6.45) is 1.66. The normalized spacial score (nSPS) is 11.1. The summed E-state index contributed by atoms with van der Waals surface area (Å²) in [5.74, 6) is 2.26. The summed E-state index contributed by atoms with van der Waals surface area (Å²) in [6, 6.07) is 16.2. The van der Waals surface area contributed by atoms with Crippen LogP contribution in [-0.4, -0.2) is 14.2 Å². The Morgan fingerprint density at radius 3 is 2.44 bits per heavy atom. The number of nitrogens with zero attached hydrogens (tertiary/aromatic N) is 1. The lowest BCUT2D eigenvalue weighted by atomic mass is 10.1. The lowest BCUT2D eigenvalue weighted by molar-refractivity contribution is 0.355. The van der Waals surface area contributed by atoms with Crippen LogP contribution in [0.1, 0.15) is 11.3 Å². The van der Waals surface area contributed by atoms with E-state index in [9.17, 15) is 5.26 Å². The number of nitriles is 1. The van der Waals surface area contributed by atoms with E-state index in [0.717, 1.165) is 5.56 Å². The third kappa shape index (κ3) is 4.11. The van der Waals surface area contributed by atoms with Gasteiger partial charge in [-0.2, -0.15) is 5.26 Å². The molecule has 0 aliphatic heterocycles. The number of furan rings is 1. The second kappa shape index (κ2) is 8.22. The zero-order chi connectivity index (χ0) is 19.4. The van der Waals surface area contributed by atoms with Crippen LogP contribution in [0.5, 0.6) is 11.5 Å². The van der Waals surface area contributed by atoms with E-state index < -0.39 is 0 Å². The molecule has 0 N–H and O–H groups in total. The molecule has 4 nitrogen and oxygen atoms in total. The number of hydrogen-bond donors (Lipinski definition) is 0. The van der Waals surface area contributed by atoms with Crippen LogP contribution in [0.25, 0.3) is 23.0 Å². The molecule has 0 atom stereocenters. The minimum atomic E-state index is 0.430. The van der Waals surface area contributed by atoms with E-state index in [0.29, 0.717) is 44.2 Å². The van der Waals surface area contributed by atoms with E-state index >= 15 is 0 Å². The van der Waals surface area contributed by atoms with Crippen molar-refractivity contribution >= 4 is 34.9 Å². The molecule has 0 fully saturated rings. The zero-order valence-corrected chi connectivity index (χ0v) is 16.1. The van der Waals surface area contributed by atoms with Gasteiger partial charge in [-0.05, 0) is 60.2 Å². The first-order valence-electron chi connectivity index (χ1n) is 7.95. The lowest BCUT2D eigenvalue weighted by Crippen LogP contribution is -1.92. The highest BCUT2D eigenvalue weighted by molar-refractivity contribution is 6.36. The van der Waals surface area contributed by atoms with Crippen molar-refractivity contribution in [3.05, 3.63) is 69.9 Å². The Labute approximate surface area is 167 Å². The van der Waals surface area contributed by atoms with Crippen LogP contribution in [0.4, 0.5) is 0 Å². The first-order chi connectivity index (χ1) is 13.0. The van der Waals surface area contributed by atoms with Gasteiger partial charge >= 0.3 is 0 Å². The number of halogens is 2. The molecule has 1 aromatic heterocycles. The molecule has 2 aromatic carbocycles. The maximum absolute atomic E-state index is 9.56. The van der Waals surface area contributed by atoms with Gasteiger partial charge in [-0.3, -0.25) is 0 Å². The quantitative estimate of drug-likeness (QED) is 0.470. The maximum Gasteiger partial charge on any atom is 0.161 e. The van der Waals surface area contributed by atoms with Crippen LogP contribution in [0.15, 0.2) is 52.9 Å². The van der Waals surface area contributed by atoms with Gasteiger partial charge in [0.15, 0.2) is 11.5 Å². The molecule has 0 spiro atoms. The molecule has 0 aliphatic rings. The third-order valence-corrected chi connectivity index (χ3v) is 4.47. The molecule has 1 heterocycles. The molecule has 0 aliphatic carbocycles. The SMILES string of the molecule is COc1ccc(/C(C#N)=C/c2ccc(-c3ccc(Cl)cc3Cl)o2)cc1OC. The van der Waals surface area contributed by atoms with Crippen molar-refractivity contribution < 1.29 is 13.9 Å². The number of ether oxygens (including phenoxy) is 2. The highest BCUT2D eigenvalue weighted by atomic mass is 35.5. The van der Waals surface area contributed by atoms with Crippen LogP contribution in [0.2, 0.25) is 10.0 Å². The van der Waals surface area contributed by atoms with E-state index in [1.165, 1.54) is 0 Å². The first kappa shape index (κ1) is 18.9. The zero-order valence-electron chi connectivity index (χ0n) is 14.6. The Kier molecular flexibility index (Phi) is 5.75. The van der Waals surface area contributed by atoms with E-state index in [-0.39, 0.29) is 0 Å². The van der Waals surface area contributed by atoms with Gasteiger partial charge in [0, 0.05) is 10.6 Å². The van der Waals surface area contributed by atoms with Gasteiger partial charge in [0.2, 0.25) is 0 Å². The molecule has 3 rings (SSSR count). The van der Waals surface area contributed by atoms with Gasteiger partial charge in [0.1, 0.15) is 11.5 Å². The van der Waals surface area contributed by atoms with Gasteiger partial charge in [-0.15, -0.1) is 0 Å². The highest BCUT2D eigenvalue weighted by Gasteiger charge is 2.11. The fraction of sp³-hybridized carbons (Fsp3) is 0.0952. The topological polar surface area (TPSA) is 55.4 Å². The van der Waals surface area contributed by atoms with Crippen molar-refractivity contribution in [2.24, 2.45) is 0 Å². The van der Waals surface area contributed by atoms with Crippen LogP contribution in [0.3, 0.4) is 0 Å². The van der Waals surface area contributed by atoms with E-state index in [1.807, 2.05) is 0 Å². The van der Waals surface area contributed by atoms with Crippen molar-refractivity contribution in [1.29, 1.82) is 5.26 Å². The highest BCUT2D eigenvalue weighted by Crippen LogP contribution is 2.34. The number of allylic oxidation sites excluding steroid dienone is 1. The number of benzene rings is 2. The van der Waals surface area contributed by atoms with Gasteiger partial charge in [-0.25, -0.2) is 0 Å².